The first-order chi connectivity index (χ1) is 9.54. The van der Waals surface area contributed by atoms with Crippen LogP contribution in [0.2, 0.25) is 0 Å². The first kappa shape index (κ1) is 16.2. The van der Waals surface area contributed by atoms with Gasteiger partial charge in [0.05, 0.1) is 0 Å². The molecular weight excluding hydrogens is 252 g/mol. The van der Waals surface area contributed by atoms with Crippen molar-refractivity contribution in [1.82, 2.24) is 5.32 Å². The summed E-state index contributed by atoms with van der Waals surface area (Å²) in [6, 6.07) is 7.55. The summed E-state index contributed by atoms with van der Waals surface area (Å²) in [4.78, 5) is 23.2. The van der Waals surface area contributed by atoms with Crippen molar-refractivity contribution in [2.24, 2.45) is 0 Å². The van der Waals surface area contributed by atoms with Gasteiger partial charge in [0.25, 0.3) is 0 Å². The minimum atomic E-state index is -0.612. The van der Waals surface area contributed by atoms with E-state index in [1.165, 1.54) is 5.56 Å². The largest absolute Gasteiger partial charge is 0.348 e. The van der Waals surface area contributed by atoms with Crippen molar-refractivity contribution >= 4 is 17.5 Å². The number of benzene rings is 1. The predicted octanol–water partition coefficient (Wildman–Crippen LogP) is 3.05. The molecule has 0 heterocycles. The molecular formula is C16H24N2O2. The van der Waals surface area contributed by atoms with Crippen LogP contribution in [-0.2, 0) is 9.59 Å². The molecule has 0 saturated carbocycles. The van der Waals surface area contributed by atoms with Crippen LogP contribution in [0.5, 0.6) is 0 Å². The maximum Gasteiger partial charge on any atom is 0.313 e. The van der Waals surface area contributed by atoms with E-state index in [9.17, 15) is 9.59 Å². The number of anilines is 1. The van der Waals surface area contributed by atoms with E-state index in [2.05, 4.69) is 31.4 Å². The van der Waals surface area contributed by atoms with Crippen LogP contribution in [0.3, 0.4) is 0 Å². The van der Waals surface area contributed by atoms with Gasteiger partial charge in [-0.15, -0.1) is 0 Å². The Balaban J connectivity index is 2.43. The zero-order valence-electron chi connectivity index (χ0n) is 12.5. The van der Waals surface area contributed by atoms with Crippen LogP contribution in [0.1, 0.15) is 51.5 Å². The molecule has 0 bridgehead atoms. The number of hydrogen-bond donors (Lipinski definition) is 2. The molecule has 0 spiro atoms. The zero-order chi connectivity index (χ0) is 15.0. The molecule has 1 aromatic carbocycles. The fourth-order valence-corrected chi connectivity index (χ4v) is 1.80. The SMILES string of the molecule is CCCCCNC(=O)C(=O)Nc1ccc(C(C)C)cc1. The fraction of sp³-hybridized carbons (Fsp3) is 0.500. The first-order valence-corrected chi connectivity index (χ1v) is 7.23. The molecule has 20 heavy (non-hydrogen) atoms. The molecule has 0 fully saturated rings. The third-order valence-electron chi connectivity index (χ3n) is 3.11. The Bertz CT molecular complexity index is 438. The highest BCUT2D eigenvalue weighted by molar-refractivity contribution is 6.39. The van der Waals surface area contributed by atoms with E-state index in [4.69, 9.17) is 0 Å². The molecule has 0 aliphatic rings. The number of rotatable bonds is 6. The minimum absolute atomic E-state index is 0.446. The van der Waals surface area contributed by atoms with Crippen molar-refractivity contribution in [3.8, 4) is 0 Å². The normalized spacial score (nSPS) is 10.4. The van der Waals surface area contributed by atoms with Gasteiger partial charge in [0.1, 0.15) is 0 Å². The second-order valence-corrected chi connectivity index (χ2v) is 5.19. The molecule has 2 N–H and O–H groups in total. The molecule has 1 rings (SSSR count). The molecule has 4 nitrogen and oxygen atoms in total. The van der Waals surface area contributed by atoms with E-state index in [1.54, 1.807) is 0 Å². The summed E-state index contributed by atoms with van der Waals surface area (Å²) < 4.78 is 0. The van der Waals surface area contributed by atoms with Crippen LogP contribution in [0.15, 0.2) is 24.3 Å². The van der Waals surface area contributed by atoms with Gasteiger partial charge in [-0.3, -0.25) is 9.59 Å². The molecule has 0 aliphatic carbocycles. The standard InChI is InChI=1S/C16H24N2O2/c1-4-5-6-11-17-15(19)16(20)18-14-9-7-13(8-10-14)12(2)3/h7-10,12H,4-6,11H2,1-3H3,(H,17,19)(H,18,20). The van der Waals surface area contributed by atoms with E-state index in [0.29, 0.717) is 18.2 Å². The Hall–Kier alpha value is -1.84. The van der Waals surface area contributed by atoms with Gasteiger partial charge in [0, 0.05) is 12.2 Å². The second-order valence-electron chi connectivity index (χ2n) is 5.19. The van der Waals surface area contributed by atoms with E-state index in [-0.39, 0.29) is 0 Å². The summed E-state index contributed by atoms with van der Waals surface area (Å²) in [6.07, 6.45) is 3.04. The topological polar surface area (TPSA) is 58.2 Å². The first-order valence-electron chi connectivity index (χ1n) is 7.23. The van der Waals surface area contributed by atoms with Gasteiger partial charge in [-0.05, 0) is 30.0 Å². The third kappa shape index (κ3) is 5.43. The maximum atomic E-state index is 11.7. The van der Waals surface area contributed by atoms with E-state index >= 15 is 0 Å². The van der Waals surface area contributed by atoms with Crippen LogP contribution >= 0.6 is 0 Å². The lowest BCUT2D eigenvalue weighted by Gasteiger charge is -2.08. The average molecular weight is 276 g/mol. The number of carbonyl (C=O) groups is 2. The molecule has 0 aliphatic heterocycles. The van der Waals surface area contributed by atoms with Gasteiger partial charge in [0.2, 0.25) is 0 Å². The molecule has 0 radical (unpaired) electrons. The van der Waals surface area contributed by atoms with Crippen LogP contribution in [0, 0.1) is 0 Å². The van der Waals surface area contributed by atoms with E-state index in [0.717, 1.165) is 19.3 Å². The number of nitrogens with one attached hydrogen (secondary N) is 2. The molecule has 0 atom stereocenters. The van der Waals surface area contributed by atoms with Crippen molar-refractivity contribution in [2.75, 3.05) is 11.9 Å². The number of hydrogen-bond acceptors (Lipinski definition) is 2. The quantitative estimate of drug-likeness (QED) is 0.619. The van der Waals surface area contributed by atoms with Gasteiger partial charge in [-0.25, -0.2) is 0 Å². The zero-order valence-corrected chi connectivity index (χ0v) is 12.5. The lowest BCUT2D eigenvalue weighted by Crippen LogP contribution is -2.35. The van der Waals surface area contributed by atoms with Crippen LogP contribution in [0.4, 0.5) is 5.69 Å². The molecule has 1 aromatic rings. The van der Waals surface area contributed by atoms with Crippen molar-refractivity contribution in [1.29, 1.82) is 0 Å². The molecule has 2 amide bonds. The Morgan fingerprint density at radius 3 is 2.25 bits per heavy atom. The van der Waals surface area contributed by atoms with Crippen molar-refractivity contribution < 1.29 is 9.59 Å². The highest BCUT2D eigenvalue weighted by atomic mass is 16.2. The Morgan fingerprint density at radius 2 is 1.70 bits per heavy atom. The van der Waals surface area contributed by atoms with Crippen molar-refractivity contribution in [3.05, 3.63) is 29.8 Å². The lowest BCUT2D eigenvalue weighted by atomic mass is 10.0. The van der Waals surface area contributed by atoms with Gasteiger partial charge in [-0.1, -0.05) is 45.7 Å². The van der Waals surface area contributed by atoms with Gasteiger partial charge in [0.15, 0.2) is 0 Å². The Morgan fingerprint density at radius 1 is 1.05 bits per heavy atom. The number of unbranched alkanes of at least 4 members (excludes halogenated alkanes) is 2. The Kier molecular flexibility index (Phi) is 6.77. The monoisotopic (exact) mass is 276 g/mol. The van der Waals surface area contributed by atoms with Crippen LogP contribution in [0.25, 0.3) is 0 Å². The lowest BCUT2D eigenvalue weighted by molar-refractivity contribution is -0.136. The van der Waals surface area contributed by atoms with Gasteiger partial charge in [-0.2, -0.15) is 0 Å². The van der Waals surface area contributed by atoms with Gasteiger partial charge >= 0.3 is 11.8 Å². The maximum absolute atomic E-state index is 11.7. The average Bonchev–Trinajstić information content (AvgIpc) is 2.44. The summed E-state index contributed by atoms with van der Waals surface area (Å²) in [5, 5.41) is 5.21. The summed E-state index contributed by atoms with van der Waals surface area (Å²) in [5.74, 6) is -0.741. The fourth-order valence-electron chi connectivity index (χ4n) is 1.80. The highest BCUT2D eigenvalue weighted by Gasteiger charge is 2.12. The molecule has 110 valence electrons. The minimum Gasteiger partial charge on any atom is -0.348 e. The summed E-state index contributed by atoms with van der Waals surface area (Å²) >= 11 is 0. The number of carbonyl (C=O) groups excluding carboxylic acids is 2. The molecule has 0 saturated heterocycles. The molecule has 0 aromatic heterocycles. The van der Waals surface area contributed by atoms with E-state index < -0.39 is 11.8 Å². The number of amides is 2. The summed E-state index contributed by atoms with van der Waals surface area (Å²) in [5.41, 5.74) is 1.84. The second kappa shape index (κ2) is 8.35. The molecule has 4 heteroatoms. The van der Waals surface area contributed by atoms with E-state index in [1.807, 2.05) is 24.3 Å². The van der Waals surface area contributed by atoms with Crippen molar-refractivity contribution in [2.45, 2.75) is 46.0 Å². The predicted molar refractivity (Wildman–Crippen MR) is 81.7 cm³/mol. The smallest absolute Gasteiger partial charge is 0.313 e. The van der Waals surface area contributed by atoms with Crippen LogP contribution in [-0.4, -0.2) is 18.4 Å². The van der Waals surface area contributed by atoms with Gasteiger partial charge < -0.3 is 10.6 Å². The summed E-state index contributed by atoms with van der Waals surface area (Å²) in [7, 11) is 0. The Labute approximate surface area is 121 Å². The summed E-state index contributed by atoms with van der Waals surface area (Å²) in [6.45, 7) is 6.86. The highest BCUT2D eigenvalue weighted by Crippen LogP contribution is 2.16. The third-order valence-corrected chi connectivity index (χ3v) is 3.11. The van der Waals surface area contributed by atoms with Crippen LogP contribution < -0.4 is 10.6 Å². The molecule has 0 unspecified atom stereocenters. The van der Waals surface area contributed by atoms with Crippen molar-refractivity contribution in [3.63, 3.8) is 0 Å².